The van der Waals surface area contributed by atoms with Crippen LogP contribution in [0.2, 0.25) is 0 Å². The van der Waals surface area contributed by atoms with E-state index in [1.165, 1.54) is 0 Å². The Morgan fingerprint density at radius 3 is 2.58 bits per heavy atom. The van der Waals surface area contributed by atoms with Crippen molar-refractivity contribution in [2.75, 3.05) is 20.1 Å². The number of likely N-dealkylation sites (N-methyl/N-ethyl adjacent to an activating group) is 1. The van der Waals surface area contributed by atoms with Crippen LogP contribution in [0.5, 0.6) is 5.75 Å². The molecule has 19 heavy (non-hydrogen) atoms. The zero-order valence-electron chi connectivity index (χ0n) is 10.8. The van der Waals surface area contributed by atoms with Gasteiger partial charge in [-0.1, -0.05) is 12.1 Å². The summed E-state index contributed by atoms with van der Waals surface area (Å²) in [5.74, 6) is 0.211. The van der Waals surface area contributed by atoms with Crippen LogP contribution in [-0.4, -0.2) is 37.7 Å². The van der Waals surface area contributed by atoms with Crippen molar-refractivity contribution in [2.24, 2.45) is 0 Å². The van der Waals surface area contributed by atoms with Crippen LogP contribution < -0.4 is 10.1 Å². The predicted molar refractivity (Wildman–Crippen MR) is 73.1 cm³/mol. The molecule has 1 aromatic rings. The molecule has 1 aromatic carbocycles. The lowest BCUT2D eigenvalue weighted by Crippen LogP contribution is -2.29. The Morgan fingerprint density at radius 1 is 1.37 bits per heavy atom. The molecule has 1 fully saturated rings. The lowest BCUT2D eigenvalue weighted by Gasteiger charge is -2.16. The average molecular weight is 293 g/mol. The first-order valence-electron chi connectivity index (χ1n) is 6.11. The summed E-state index contributed by atoms with van der Waals surface area (Å²) in [4.78, 5) is 2.35. The summed E-state index contributed by atoms with van der Waals surface area (Å²) in [5.41, 5.74) is 1.12. The second-order valence-electron chi connectivity index (χ2n) is 4.53. The normalized spacial score (nSPS) is 19.5. The van der Waals surface area contributed by atoms with Crippen molar-refractivity contribution in [3.63, 3.8) is 0 Å². The molecule has 0 amide bonds. The molecule has 0 aliphatic carbocycles. The van der Waals surface area contributed by atoms with Crippen LogP contribution in [0, 0.1) is 0 Å². The number of ether oxygens (including phenoxy) is 1. The van der Waals surface area contributed by atoms with Crippen LogP contribution in [0.1, 0.15) is 12.0 Å². The third-order valence-electron chi connectivity index (χ3n) is 3.24. The van der Waals surface area contributed by atoms with E-state index in [1.807, 2.05) is 19.2 Å². The van der Waals surface area contributed by atoms with Gasteiger partial charge in [0.05, 0.1) is 0 Å². The number of nitrogens with zero attached hydrogens (tertiary/aromatic N) is 1. The lowest BCUT2D eigenvalue weighted by molar-refractivity contribution is -0.0498. The van der Waals surface area contributed by atoms with E-state index in [-0.39, 0.29) is 18.2 Å². The van der Waals surface area contributed by atoms with E-state index in [4.69, 9.17) is 0 Å². The van der Waals surface area contributed by atoms with Gasteiger partial charge in [-0.2, -0.15) is 8.78 Å². The van der Waals surface area contributed by atoms with E-state index in [0.29, 0.717) is 6.04 Å². The SMILES string of the molecule is CNC1CCN(Cc2ccc(OC(F)F)cc2)C1.Cl. The van der Waals surface area contributed by atoms with Crippen molar-refractivity contribution in [2.45, 2.75) is 25.6 Å². The van der Waals surface area contributed by atoms with Crippen LogP contribution in [-0.2, 0) is 6.54 Å². The molecule has 1 saturated heterocycles. The highest BCUT2D eigenvalue weighted by atomic mass is 35.5. The summed E-state index contributed by atoms with van der Waals surface area (Å²) in [5, 5.41) is 3.27. The Morgan fingerprint density at radius 2 is 2.05 bits per heavy atom. The lowest BCUT2D eigenvalue weighted by atomic mass is 10.2. The largest absolute Gasteiger partial charge is 0.435 e. The Hall–Kier alpha value is -0.910. The second-order valence-corrected chi connectivity index (χ2v) is 4.53. The van der Waals surface area contributed by atoms with Gasteiger partial charge in [-0.15, -0.1) is 12.4 Å². The second kappa shape index (κ2) is 7.62. The third-order valence-corrected chi connectivity index (χ3v) is 3.24. The molecule has 2 rings (SSSR count). The van der Waals surface area contributed by atoms with Gasteiger partial charge in [-0.3, -0.25) is 4.90 Å². The topological polar surface area (TPSA) is 24.5 Å². The molecule has 1 atom stereocenters. The van der Waals surface area contributed by atoms with Crippen molar-refractivity contribution in [3.8, 4) is 5.75 Å². The fraction of sp³-hybridized carbons (Fsp3) is 0.538. The zero-order valence-corrected chi connectivity index (χ0v) is 11.6. The molecule has 0 radical (unpaired) electrons. The minimum atomic E-state index is -2.76. The maximum atomic E-state index is 12.0. The Kier molecular flexibility index (Phi) is 6.48. The first kappa shape index (κ1) is 16.1. The van der Waals surface area contributed by atoms with Gasteiger partial charge in [-0.25, -0.2) is 0 Å². The maximum absolute atomic E-state index is 12.0. The fourth-order valence-corrected chi connectivity index (χ4v) is 2.25. The smallest absolute Gasteiger partial charge is 0.387 e. The van der Waals surface area contributed by atoms with Gasteiger partial charge in [0.1, 0.15) is 5.75 Å². The van der Waals surface area contributed by atoms with Gasteiger partial charge >= 0.3 is 6.61 Å². The van der Waals surface area contributed by atoms with Crippen molar-refractivity contribution in [1.82, 2.24) is 10.2 Å². The fourth-order valence-electron chi connectivity index (χ4n) is 2.25. The first-order chi connectivity index (χ1) is 8.67. The average Bonchev–Trinajstić information content (AvgIpc) is 2.79. The number of rotatable bonds is 5. The van der Waals surface area contributed by atoms with Crippen LogP contribution in [0.3, 0.4) is 0 Å². The van der Waals surface area contributed by atoms with Gasteiger partial charge in [-0.05, 0) is 31.2 Å². The highest BCUT2D eigenvalue weighted by Crippen LogP contribution is 2.18. The molecule has 0 bridgehead atoms. The van der Waals surface area contributed by atoms with E-state index >= 15 is 0 Å². The number of halogens is 3. The van der Waals surface area contributed by atoms with Crippen LogP contribution in [0.4, 0.5) is 8.78 Å². The monoisotopic (exact) mass is 292 g/mol. The molecule has 6 heteroatoms. The Labute approximate surface area is 118 Å². The highest BCUT2D eigenvalue weighted by molar-refractivity contribution is 5.85. The number of alkyl halides is 2. The van der Waals surface area contributed by atoms with E-state index in [1.54, 1.807) is 12.1 Å². The Balaban J connectivity index is 0.00000180. The van der Waals surface area contributed by atoms with Crippen LogP contribution in [0.25, 0.3) is 0 Å². The number of likely N-dealkylation sites (tertiary alicyclic amines) is 1. The molecule has 1 unspecified atom stereocenters. The van der Waals surface area contributed by atoms with Crippen molar-refractivity contribution in [3.05, 3.63) is 29.8 Å². The zero-order chi connectivity index (χ0) is 13.0. The van der Waals surface area contributed by atoms with Crippen molar-refractivity contribution < 1.29 is 13.5 Å². The highest BCUT2D eigenvalue weighted by Gasteiger charge is 2.20. The first-order valence-corrected chi connectivity index (χ1v) is 6.11. The van der Waals surface area contributed by atoms with E-state index in [2.05, 4.69) is 15.0 Å². The Bertz CT molecular complexity index is 375. The van der Waals surface area contributed by atoms with Crippen molar-refractivity contribution in [1.29, 1.82) is 0 Å². The molecule has 0 spiro atoms. The molecule has 1 aliphatic heterocycles. The standard InChI is InChI=1S/C13H18F2N2O.ClH/c1-16-11-6-7-17(9-11)8-10-2-4-12(5-3-10)18-13(14)15;/h2-5,11,13,16H,6-9H2,1H3;1H. The maximum Gasteiger partial charge on any atom is 0.387 e. The molecule has 0 saturated carbocycles. The number of hydrogen-bond acceptors (Lipinski definition) is 3. The molecule has 1 N–H and O–H groups in total. The van der Waals surface area contributed by atoms with Gasteiger partial charge in [0, 0.05) is 25.7 Å². The molecular formula is C13H19ClF2N2O. The van der Waals surface area contributed by atoms with Crippen LogP contribution in [0.15, 0.2) is 24.3 Å². The van der Waals surface area contributed by atoms with Gasteiger partial charge in [0.2, 0.25) is 0 Å². The summed E-state index contributed by atoms with van der Waals surface area (Å²) >= 11 is 0. The minimum absolute atomic E-state index is 0. The van der Waals surface area contributed by atoms with E-state index in [9.17, 15) is 8.78 Å². The molecule has 108 valence electrons. The van der Waals surface area contributed by atoms with E-state index < -0.39 is 6.61 Å². The summed E-state index contributed by atoms with van der Waals surface area (Å²) in [7, 11) is 1.98. The minimum Gasteiger partial charge on any atom is -0.435 e. The summed E-state index contributed by atoms with van der Waals surface area (Å²) in [6.45, 7) is 0.200. The van der Waals surface area contributed by atoms with Gasteiger partial charge in [0.15, 0.2) is 0 Å². The molecule has 1 aliphatic rings. The number of nitrogens with one attached hydrogen (secondary N) is 1. The summed E-state index contributed by atoms with van der Waals surface area (Å²) in [6, 6.07) is 7.42. The molecule has 3 nitrogen and oxygen atoms in total. The molecule has 0 aromatic heterocycles. The quantitative estimate of drug-likeness (QED) is 0.902. The summed E-state index contributed by atoms with van der Waals surface area (Å²) < 4.78 is 28.3. The predicted octanol–water partition coefficient (Wildman–Crippen LogP) is 2.50. The van der Waals surface area contributed by atoms with Gasteiger partial charge < -0.3 is 10.1 Å². The van der Waals surface area contributed by atoms with Gasteiger partial charge in [0.25, 0.3) is 0 Å². The summed E-state index contributed by atoms with van der Waals surface area (Å²) in [6.07, 6.45) is 1.16. The number of hydrogen-bond donors (Lipinski definition) is 1. The molecule has 1 heterocycles. The van der Waals surface area contributed by atoms with Crippen molar-refractivity contribution >= 4 is 12.4 Å². The molecular weight excluding hydrogens is 274 g/mol. The number of benzene rings is 1. The van der Waals surface area contributed by atoms with E-state index in [0.717, 1.165) is 31.6 Å². The van der Waals surface area contributed by atoms with Crippen LogP contribution >= 0.6 is 12.4 Å². The third kappa shape index (κ3) is 4.93.